The Hall–Kier alpha value is -2.28. The highest BCUT2D eigenvalue weighted by Crippen LogP contribution is 2.10. The van der Waals surface area contributed by atoms with E-state index in [4.69, 9.17) is 10.8 Å². The Morgan fingerprint density at radius 3 is 2.67 bits per heavy atom. The van der Waals surface area contributed by atoms with Gasteiger partial charge in [-0.25, -0.2) is 0 Å². The molecular weight excluding hydrogens is 234 g/mol. The summed E-state index contributed by atoms with van der Waals surface area (Å²) in [6.07, 6.45) is 0.593. The quantitative estimate of drug-likeness (QED) is 0.757. The second-order valence-electron chi connectivity index (χ2n) is 3.78. The van der Waals surface area contributed by atoms with Gasteiger partial charge in [-0.15, -0.1) is 5.10 Å². The molecule has 1 aromatic heterocycles. The van der Waals surface area contributed by atoms with E-state index in [2.05, 4.69) is 15.5 Å². The van der Waals surface area contributed by atoms with Crippen molar-refractivity contribution in [1.29, 1.82) is 0 Å². The van der Waals surface area contributed by atoms with E-state index in [0.29, 0.717) is 18.8 Å². The number of aromatic nitrogens is 4. The smallest absolute Gasteiger partial charge is 0.307 e. The zero-order valence-corrected chi connectivity index (χ0v) is 9.65. The fourth-order valence-corrected chi connectivity index (χ4v) is 1.62. The van der Waals surface area contributed by atoms with Crippen LogP contribution in [0.4, 0.5) is 0 Å². The minimum atomic E-state index is -0.853. The van der Waals surface area contributed by atoms with Gasteiger partial charge in [0.2, 0.25) is 0 Å². The number of tetrazole rings is 1. The van der Waals surface area contributed by atoms with Crippen molar-refractivity contribution in [3.63, 3.8) is 0 Å². The van der Waals surface area contributed by atoms with Crippen LogP contribution in [0.25, 0.3) is 5.69 Å². The van der Waals surface area contributed by atoms with Crippen LogP contribution in [0, 0.1) is 0 Å². The Morgan fingerprint density at radius 1 is 1.33 bits per heavy atom. The number of hydrogen-bond acceptors (Lipinski definition) is 5. The van der Waals surface area contributed by atoms with Gasteiger partial charge in [0, 0.05) is 6.42 Å². The number of hydrogen-bond donors (Lipinski definition) is 2. The standard InChI is InChI=1S/C11H13N5O2/c12-6-5-10-13-14-15-16(10)9-3-1-8(2-4-9)7-11(17)18/h1-4H,5-7,12H2,(H,17,18). The van der Waals surface area contributed by atoms with Gasteiger partial charge in [0.05, 0.1) is 12.1 Å². The van der Waals surface area contributed by atoms with Crippen LogP contribution in [0.3, 0.4) is 0 Å². The highest BCUT2D eigenvalue weighted by Gasteiger charge is 2.07. The molecule has 2 rings (SSSR count). The number of aliphatic carboxylic acids is 1. The molecule has 0 atom stereocenters. The predicted octanol–water partition coefficient (Wildman–Crippen LogP) is -0.209. The summed E-state index contributed by atoms with van der Waals surface area (Å²) < 4.78 is 1.59. The molecule has 0 fully saturated rings. The van der Waals surface area contributed by atoms with Crippen LogP contribution < -0.4 is 5.73 Å². The number of nitrogens with two attached hydrogens (primary N) is 1. The molecule has 7 nitrogen and oxygen atoms in total. The molecule has 1 heterocycles. The van der Waals surface area contributed by atoms with E-state index in [0.717, 1.165) is 11.3 Å². The minimum absolute atomic E-state index is 0.00550. The van der Waals surface area contributed by atoms with Gasteiger partial charge in [-0.1, -0.05) is 12.1 Å². The fourth-order valence-electron chi connectivity index (χ4n) is 1.62. The van der Waals surface area contributed by atoms with Gasteiger partial charge < -0.3 is 10.8 Å². The maximum atomic E-state index is 10.6. The maximum absolute atomic E-state index is 10.6. The van der Waals surface area contributed by atoms with E-state index in [-0.39, 0.29) is 6.42 Å². The zero-order valence-electron chi connectivity index (χ0n) is 9.65. The first-order valence-corrected chi connectivity index (χ1v) is 5.49. The Kier molecular flexibility index (Phi) is 3.63. The Morgan fingerprint density at radius 2 is 2.06 bits per heavy atom. The largest absolute Gasteiger partial charge is 0.481 e. The molecule has 3 N–H and O–H groups in total. The lowest BCUT2D eigenvalue weighted by Crippen LogP contribution is -2.10. The van der Waals surface area contributed by atoms with Crippen molar-refractivity contribution < 1.29 is 9.90 Å². The topological polar surface area (TPSA) is 107 Å². The summed E-state index contributed by atoms with van der Waals surface area (Å²) in [4.78, 5) is 10.6. The van der Waals surface area contributed by atoms with Crippen molar-refractivity contribution in [2.75, 3.05) is 6.54 Å². The van der Waals surface area contributed by atoms with Crippen molar-refractivity contribution in [2.24, 2.45) is 5.73 Å². The summed E-state index contributed by atoms with van der Waals surface area (Å²) in [6.45, 7) is 0.470. The number of carboxylic acids is 1. The monoisotopic (exact) mass is 247 g/mol. The summed E-state index contributed by atoms with van der Waals surface area (Å²) in [5, 5.41) is 20.0. The Balaban J connectivity index is 2.23. The van der Waals surface area contributed by atoms with Gasteiger partial charge in [-0.05, 0) is 34.7 Å². The number of carbonyl (C=O) groups is 1. The molecule has 0 aliphatic rings. The second kappa shape index (κ2) is 5.37. The van der Waals surface area contributed by atoms with Crippen molar-refractivity contribution in [3.05, 3.63) is 35.7 Å². The molecule has 7 heteroatoms. The van der Waals surface area contributed by atoms with Crippen molar-refractivity contribution in [1.82, 2.24) is 20.2 Å². The molecule has 0 bridgehead atoms. The van der Waals surface area contributed by atoms with Crippen LogP contribution >= 0.6 is 0 Å². The zero-order chi connectivity index (χ0) is 13.0. The van der Waals surface area contributed by atoms with E-state index < -0.39 is 5.97 Å². The van der Waals surface area contributed by atoms with Crippen LogP contribution in [-0.4, -0.2) is 37.8 Å². The van der Waals surface area contributed by atoms with Gasteiger partial charge in [-0.3, -0.25) is 4.79 Å². The molecule has 0 spiro atoms. The summed E-state index contributed by atoms with van der Waals surface area (Å²) in [6, 6.07) is 7.07. The van der Waals surface area contributed by atoms with Gasteiger partial charge in [0.15, 0.2) is 5.82 Å². The van der Waals surface area contributed by atoms with Gasteiger partial charge >= 0.3 is 5.97 Å². The molecule has 0 saturated carbocycles. The summed E-state index contributed by atoms with van der Waals surface area (Å²) in [5.41, 5.74) is 7.00. The summed E-state index contributed by atoms with van der Waals surface area (Å²) in [7, 11) is 0. The highest BCUT2D eigenvalue weighted by molar-refractivity contribution is 5.70. The van der Waals surface area contributed by atoms with E-state index >= 15 is 0 Å². The van der Waals surface area contributed by atoms with Crippen LogP contribution in [0.5, 0.6) is 0 Å². The molecule has 0 unspecified atom stereocenters. The molecule has 0 amide bonds. The van der Waals surface area contributed by atoms with Gasteiger partial charge in [0.1, 0.15) is 0 Å². The summed E-state index contributed by atoms with van der Waals surface area (Å²) in [5.74, 6) is -0.169. The van der Waals surface area contributed by atoms with E-state index in [9.17, 15) is 4.79 Å². The van der Waals surface area contributed by atoms with Crippen molar-refractivity contribution in [3.8, 4) is 5.69 Å². The van der Waals surface area contributed by atoms with E-state index in [1.807, 2.05) is 0 Å². The number of benzene rings is 1. The molecule has 1 aromatic carbocycles. The highest BCUT2D eigenvalue weighted by atomic mass is 16.4. The third kappa shape index (κ3) is 2.69. The molecule has 0 aliphatic heterocycles. The lowest BCUT2D eigenvalue weighted by Gasteiger charge is -2.04. The van der Waals surface area contributed by atoms with Gasteiger partial charge in [-0.2, -0.15) is 4.68 Å². The lowest BCUT2D eigenvalue weighted by atomic mass is 10.1. The Labute approximate surface area is 103 Å². The van der Waals surface area contributed by atoms with E-state index in [1.54, 1.807) is 28.9 Å². The molecule has 0 radical (unpaired) electrons. The SMILES string of the molecule is NCCc1nnnn1-c1ccc(CC(=O)O)cc1. The number of rotatable bonds is 5. The van der Waals surface area contributed by atoms with E-state index in [1.165, 1.54) is 0 Å². The van der Waals surface area contributed by atoms with Crippen LogP contribution in [0.2, 0.25) is 0 Å². The average Bonchev–Trinajstić information content (AvgIpc) is 2.78. The molecule has 0 saturated heterocycles. The molecule has 94 valence electrons. The van der Waals surface area contributed by atoms with Crippen molar-refractivity contribution in [2.45, 2.75) is 12.8 Å². The van der Waals surface area contributed by atoms with Crippen LogP contribution in [-0.2, 0) is 17.6 Å². The number of nitrogens with zero attached hydrogens (tertiary/aromatic N) is 4. The Bertz CT molecular complexity index is 535. The second-order valence-corrected chi connectivity index (χ2v) is 3.78. The third-order valence-corrected chi connectivity index (χ3v) is 2.44. The van der Waals surface area contributed by atoms with Crippen LogP contribution in [0.15, 0.2) is 24.3 Å². The average molecular weight is 247 g/mol. The lowest BCUT2D eigenvalue weighted by molar-refractivity contribution is -0.136. The molecule has 2 aromatic rings. The minimum Gasteiger partial charge on any atom is -0.481 e. The van der Waals surface area contributed by atoms with Gasteiger partial charge in [0.25, 0.3) is 0 Å². The number of carboxylic acid groups (broad SMARTS) is 1. The van der Waals surface area contributed by atoms with Crippen LogP contribution in [0.1, 0.15) is 11.4 Å². The molecular formula is C11H13N5O2. The normalized spacial score (nSPS) is 10.5. The molecule has 18 heavy (non-hydrogen) atoms. The first-order valence-electron chi connectivity index (χ1n) is 5.49. The first kappa shape index (κ1) is 12.2. The summed E-state index contributed by atoms with van der Waals surface area (Å²) >= 11 is 0. The third-order valence-electron chi connectivity index (χ3n) is 2.44. The first-order chi connectivity index (χ1) is 8.70. The maximum Gasteiger partial charge on any atom is 0.307 e. The fraction of sp³-hybridized carbons (Fsp3) is 0.273. The van der Waals surface area contributed by atoms with Crippen molar-refractivity contribution >= 4 is 5.97 Å². The predicted molar refractivity (Wildman–Crippen MR) is 63.3 cm³/mol. The molecule has 0 aliphatic carbocycles.